The standard InChI is InChI=1S/C23H16N2O6/c1-31-17-9-7-16(8-10-17)25-21(27)18-11-4-14(12-19(18)22(25)28)20(26)24-15-5-2-13(3-6-15)23(29)30/h2-12H,1H3,(H,24,26)(H,29,30). The predicted molar refractivity (Wildman–Crippen MR) is 112 cm³/mol. The summed E-state index contributed by atoms with van der Waals surface area (Å²) in [6.45, 7) is 0. The molecule has 1 heterocycles. The summed E-state index contributed by atoms with van der Waals surface area (Å²) in [7, 11) is 1.52. The maximum absolute atomic E-state index is 12.9. The zero-order chi connectivity index (χ0) is 22.1. The molecule has 0 saturated carbocycles. The van der Waals surface area contributed by atoms with E-state index in [4.69, 9.17) is 9.84 Å². The molecule has 0 saturated heterocycles. The van der Waals surface area contributed by atoms with Crippen molar-refractivity contribution in [3.63, 3.8) is 0 Å². The molecule has 154 valence electrons. The first-order valence-corrected chi connectivity index (χ1v) is 9.20. The number of amides is 3. The first-order valence-electron chi connectivity index (χ1n) is 9.20. The van der Waals surface area contributed by atoms with Gasteiger partial charge < -0.3 is 15.2 Å². The highest BCUT2D eigenvalue weighted by molar-refractivity contribution is 6.34. The summed E-state index contributed by atoms with van der Waals surface area (Å²) in [5.74, 6) is -1.96. The van der Waals surface area contributed by atoms with E-state index in [1.54, 1.807) is 24.3 Å². The van der Waals surface area contributed by atoms with Gasteiger partial charge in [0.15, 0.2) is 0 Å². The maximum Gasteiger partial charge on any atom is 0.335 e. The third-order valence-electron chi connectivity index (χ3n) is 4.87. The number of hydrogen-bond donors (Lipinski definition) is 2. The highest BCUT2D eigenvalue weighted by Gasteiger charge is 2.37. The lowest BCUT2D eigenvalue weighted by atomic mass is 10.1. The Morgan fingerprint density at radius 1 is 0.839 bits per heavy atom. The van der Waals surface area contributed by atoms with Crippen molar-refractivity contribution < 1.29 is 29.0 Å². The monoisotopic (exact) mass is 416 g/mol. The van der Waals surface area contributed by atoms with Crippen molar-refractivity contribution in [3.8, 4) is 5.75 Å². The lowest BCUT2D eigenvalue weighted by molar-refractivity contribution is 0.0696. The lowest BCUT2D eigenvalue weighted by Crippen LogP contribution is -2.29. The minimum absolute atomic E-state index is 0.0956. The summed E-state index contributed by atoms with van der Waals surface area (Å²) < 4.78 is 5.09. The van der Waals surface area contributed by atoms with Crippen LogP contribution in [-0.2, 0) is 0 Å². The Hall–Kier alpha value is -4.46. The molecule has 0 fully saturated rings. The maximum atomic E-state index is 12.9. The van der Waals surface area contributed by atoms with Crippen LogP contribution in [0.1, 0.15) is 41.4 Å². The molecule has 0 aromatic heterocycles. The number of carboxylic acid groups (broad SMARTS) is 1. The molecule has 31 heavy (non-hydrogen) atoms. The van der Waals surface area contributed by atoms with Gasteiger partial charge in [-0.2, -0.15) is 0 Å². The average Bonchev–Trinajstić information content (AvgIpc) is 3.03. The summed E-state index contributed by atoms with van der Waals surface area (Å²) in [5, 5.41) is 11.6. The number of methoxy groups -OCH3 is 1. The fourth-order valence-electron chi connectivity index (χ4n) is 3.25. The van der Waals surface area contributed by atoms with E-state index < -0.39 is 23.7 Å². The molecule has 3 aromatic carbocycles. The van der Waals surface area contributed by atoms with Gasteiger partial charge in [0.1, 0.15) is 5.75 Å². The van der Waals surface area contributed by atoms with Crippen LogP contribution in [0.3, 0.4) is 0 Å². The number of rotatable bonds is 5. The number of hydrogen-bond acceptors (Lipinski definition) is 5. The van der Waals surface area contributed by atoms with Crippen molar-refractivity contribution in [2.45, 2.75) is 0 Å². The molecule has 0 aliphatic carbocycles. The zero-order valence-corrected chi connectivity index (χ0v) is 16.3. The summed E-state index contributed by atoms with van der Waals surface area (Å²) in [6, 6.07) is 16.5. The highest BCUT2D eigenvalue weighted by atomic mass is 16.5. The smallest absolute Gasteiger partial charge is 0.335 e. The first-order chi connectivity index (χ1) is 14.9. The normalized spacial score (nSPS) is 12.5. The molecule has 3 aromatic rings. The van der Waals surface area contributed by atoms with Crippen LogP contribution in [-0.4, -0.2) is 35.9 Å². The van der Waals surface area contributed by atoms with Gasteiger partial charge in [0, 0.05) is 11.3 Å². The van der Waals surface area contributed by atoms with Gasteiger partial charge in [-0.3, -0.25) is 14.4 Å². The van der Waals surface area contributed by atoms with E-state index in [0.717, 1.165) is 4.90 Å². The van der Waals surface area contributed by atoms with Crippen LogP contribution in [0, 0.1) is 0 Å². The van der Waals surface area contributed by atoms with E-state index in [9.17, 15) is 19.2 Å². The first kappa shape index (κ1) is 19.8. The Morgan fingerprint density at radius 3 is 2.06 bits per heavy atom. The molecule has 0 spiro atoms. The number of nitrogens with zero attached hydrogens (tertiary/aromatic N) is 1. The zero-order valence-electron chi connectivity index (χ0n) is 16.3. The average molecular weight is 416 g/mol. The van der Waals surface area contributed by atoms with Crippen LogP contribution in [0.15, 0.2) is 66.7 Å². The molecule has 0 radical (unpaired) electrons. The van der Waals surface area contributed by atoms with Crippen molar-refractivity contribution in [2.75, 3.05) is 17.3 Å². The fourth-order valence-corrected chi connectivity index (χ4v) is 3.25. The van der Waals surface area contributed by atoms with Crippen molar-refractivity contribution in [3.05, 3.63) is 89.0 Å². The largest absolute Gasteiger partial charge is 0.497 e. The number of benzene rings is 3. The molecule has 1 aliphatic heterocycles. The van der Waals surface area contributed by atoms with Crippen LogP contribution in [0.2, 0.25) is 0 Å². The second kappa shape index (κ2) is 7.75. The van der Waals surface area contributed by atoms with Crippen LogP contribution in [0.25, 0.3) is 0 Å². The van der Waals surface area contributed by atoms with Gasteiger partial charge in [-0.1, -0.05) is 0 Å². The molecule has 8 heteroatoms. The number of ether oxygens (including phenoxy) is 1. The Bertz CT molecular complexity index is 1220. The molecule has 2 N–H and O–H groups in total. The number of aromatic carboxylic acids is 1. The SMILES string of the molecule is COc1ccc(N2C(=O)c3ccc(C(=O)Nc4ccc(C(=O)O)cc4)cc3C2=O)cc1. The number of fused-ring (bicyclic) bond motifs is 1. The lowest BCUT2D eigenvalue weighted by Gasteiger charge is -2.14. The molecule has 0 bridgehead atoms. The van der Waals surface area contributed by atoms with E-state index in [0.29, 0.717) is 17.1 Å². The van der Waals surface area contributed by atoms with E-state index in [-0.39, 0.29) is 22.3 Å². The van der Waals surface area contributed by atoms with E-state index >= 15 is 0 Å². The van der Waals surface area contributed by atoms with Crippen molar-refractivity contribution in [1.29, 1.82) is 0 Å². The number of imide groups is 1. The van der Waals surface area contributed by atoms with Crippen LogP contribution in [0.4, 0.5) is 11.4 Å². The van der Waals surface area contributed by atoms with Gasteiger partial charge in [-0.25, -0.2) is 9.69 Å². The van der Waals surface area contributed by atoms with Crippen LogP contribution < -0.4 is 15.0 Å². The Kier molecular flexibility index (Phi) is 4.96. The topological polar surface area (TPSA) is 113 Å². The van der Waals surface area contributed by atoms with Crippen molar-refractivity contribution in [2.24, 2.45) is 0 Å². The Balaban J connectivity index is 1.57. The summed E-state index contributed by atoms with van der Waals surface area (Å²) >= 11 is 0. The minimum atomic E-state index is -1.07. The number of anilines is 2. The predicted octanol–water partition coefficient (Wildman–Crippen LogP) is 3.45. The molecule has 0 atom stereocenters. The van der Waals surface area contributed by atoms with E-state index in [1.165, 1.54) is 49.6 Å². The quantitative estimate of drug-likeness (QED) is 0.616. The molecular weight excluding hydrogens is 400 g/mol. The van der Waals surface area contributed by atoms with Gasteiger partial charge in [0.25, 0.3) is 17.7 Å². The third kappa shape index (κ3) is 3.62. The highest BCUT2D eigenvalue weighted by Crippen LogP contribution is 2.30. The van der Waals surface area contributed by atoms with Gasteiger partial charge in [0.2, 0.25) is 0 Å². The second-order valence-corrected chi connectivity index (χ2v) is 6.74. The molecule has 3 amide bonds. The van der Waals surface area contributed by atoms with E-state index in [2.05, 4.69) is 5.32 Å². The summed E-state index contributed by atoms with van der Waals surface area (Å²) in [4.78, 5) is 50.2. The number of carbonyl (C=O) groups excluding carboxylic acids is 3. The Labute approximate surface area is 176 Å². The van der Waals surface area contributed by atoms with Gasteiger partial charge >= 0.3 is 5.97 Å². The van der Waals surface area contributed by atoms with Crippen molar-refractivity contribution in [1.82, 2.24) is 0 Å². The minimum Gasteiger partial charge on any atom is -0.497 e. The van der Waals surface area contributed by atoms with E-state index in [1.807, 2.05) is 0 Å². The fraction of sp³-hybridized carbons (Fsp3) is 0.0435. The number of carboxylic acids is 1. The molecule has 8 nitrogen and oxygen atoms in total. The molecule has 4 rings (SSSR count). The molecular formula is C23H16N2O6. The van der Waals surface area contributed by atoms with Crippen molar-refractivity contribution >= 4 is 35.1 Å². The van der Waals surface area contributed by atoms with Crippen LogP contribution in [0.5, 0.6) is 5.75 Å². The summed E-state index contributed by atoms with van der Waals surface area (Å²) in [5.41, 5.74) is 1.43. The second-order valence-electron chi connectivity index (χ2n) is 6.74. The van der Waals surface area contributed by atoms with Crippen LogP contribution >= 0.6 is 0 Å². The van der Waals surface area contributed by atoms with Gasteiger partial charge in [0.05, 0.1) is 29.5 Å². The third-order valence-corrected chi connectivity index (χ3v) is 4.87. The molecule has 1 aliphatic rings. The van der Waals surface area contributed by atoms with Gasteiger partial charge in [-0.15, -0.1) is 0 Å². The Morgan fingerprint density at radius 2 is 1.45 bits per heavy atom. The molecule has 0 unspecified atom stereocenters. The van der Waals surface area contributed by atoms with Gasteiger partial charge in [-0.05, 0) is 66.7 Å². The number of nitrogens with one attached hydrogen (secondary N) is 1. The summed E-state index contributed by atoms with van der Waals surface area (Å²) in [6.07, 6.45) is 0. The number of carbonyl (C=O) groups is 4.